The third kappa shape index (κ3) is 2.74. The summed E-state index contributed by atoms with van der Waals surface area (Å²) in [5.41, 5.74) is 1.40. The first kappa shape index (κ1) is 14.7. The first-order valence-electron chi connectivity index (χ1n) is 7.37. The number of hydrogen-bond acceptors (Lipinski definition) is 2. The van der Waals surface area contributed by atoms with Crippen LogP contribution in [0.3, 0.4) is 0 Å². The Labute approximate surface area is 127 Å². The van der Waals surface area contributed by atoms with Crippen molar-refractivity contribution in [2.45, 2.75) is 26.2 Å². The summed E-state index contributed by atoms with van der Waals surface area (Å²) in [4.78, 5) is 13.0. The minimum absolute atomic E-state index is 0.243. The Morgan fingerprint density at radius 1 is 1.52 bits per heavy atom. The lowest BCUT2D eigenvalue weighted by atomic mass is 9.84. The lowest BCUT2D eigenvalue weighted by Crippen LogP contribution is -2.32. The number of hydrogen-bond donors (Lipinski definition) is 1. The molecule has 0 amide bonds. The number of fused-ring (bicyclic) bond motifs is 1. The van der Waals surface area contributed by atoms with Crippen molar-refractivity contribution in [3.8, 4) is 0 Å². The van der Waals surface area contributed by atoms with Crippen LogP contribution in [0.2, 0.25) is 0 Å². The molecule has 111 valence electrons. The van der Waals surface area contributed by atoms with E-state index in [-0.39, 0.29) is 16.3 Å². The van der Waals surface area contributed by atoms with Crippen LogP contribution < -0.4 is 5.32 Å². The number of benzene rings is 1. The smallest absolute Gasteiger partial charge is 0.195 e. The lowest BCUT2D eigenvalue weighted by Gasteiger charge is -2.27. The van der Waals surface area contributed by atoms with Crippen molar-refractivity contribution in [1.29, 1.82) is 0 Å². The van der Waals surface area contributed by atoms with E-state index < -0.39 is 10.5 Å². The van der Waals surface area contributed by atoms with Crippen molar-refractivity contribution in [2.24, 2.45) is 5.41 Å². The second-order valence-corrected chi connectivity index (χ2v) is 7.24. The molecule has 2 heterocycles. The molecule has 2 aliphatic heterocycles. The van der Waals surface area contributed by atoms with Crippen LogP contribution in [0.5, 0.6) is 0 Å². The Bertz CT molecular complexity index is 630. The molecule has 1 radical (unpaired) electrons. The molecule has 0 bridgehead atoms. The van der Waals surface area contributed by atoms with E-state index in [0.717, 1.165) is 43.5 Å². The van der Waals surface area contributed by atoms with Crippen LogP contribution in [0.4, 0.5) is 4.39 Å². The van der Waals surface area contributed by atoms with Gasteiger partial charge in [0.05, 0.1) is 5.41 Å². The Balaban J connectivity index is 1.92. The lowest BCUT2D eigenvalue weighted by molar-refractivity contribution is -0.119. The van der Waals surface area contributed by atoms with Gasteiger partial charge in [0.15, 0.2) is 5.12 Å². The molecule has 0 aromatic heterocycles. The van der Waals surface area contributed by atoms with Gasteiger partial charge in [0.1, 0.15) is 5.82 Å². The molecule has 1 fully saturated rings. The molecule has 0 spiro atoms. The molecule has 2 aliphatic rings. The largest absolute Gasteiger partial charge is 0.316 e. The molecule has 1 saturated heterocycles. The predicted molar refractivity (Wildman–Crippen MR) is 87.0 cm³/mol. The van der Waals surface area contributed by atoms with Crippen LogP contribution in [0.25, 0.3) is 6.08 Å². The van der Waals surface area contributed by atoms with E-state index in [4.69, 9.17) is 0 Å². The highest BCUT2D eigenvalue weighted by atomic mass is 32.2. The molecule has 4 heteroatoms. The monoisotopic (exact) mass is 304 g/mol. The topological polar surface area (TPSA) is 29.1 Å². The summed E-state index contributed by atoms with van der Waals surface area (Å²) < 4.78 is 13.2. The number of carbonyl (C=O) groups is 1. The van der Waals surface area contributed by atoms with E-state index in [1.54, 1.807) is 6.07 Å². The molecule has 21 heavy (non-hydrogen) atoms. The van der Waals surface area contributed by atoms with Crippen LogP contribution in [-0.2, 0) is 4.79 Å². The fourth-order valence-corrected chi connectivity index (χ4v) is 4.84. The van der Waals surface area contributed by atoms with E-state index >= 15 is 0 Å². The van der Waals surface area contributed by atoms with Gasteiger partial charge in [-0.25, -0.2) is 4.39 Å². The third-order valence-electron chi connectivity index (χ3n) is 4.22. The van der Waals surface area contributed by atoms with Crippen molar-refractivity contribution < 1.29 is 9.18 Å². The molecular weight excluding hydrogens is 285 g/mol. The van der Waals surface area contributed by atoms with E-state index in [0.29, 0.717) is 0 Å². The minimum Gasteiger partial charge on any atom is -0.316 e. The fourth-order valence-electron chi connectivity index (χ4n) is 3.11. The van der Waals surface area contributed by atoms with Gasteiger partial charge < -0.3 is 5.32 Å². The molecule has 1 aromatic carbocycles. The maximum atomic E-state index is 13.2. The molecule has 2 unspecified atom stereocenters. The highest BCUT2D eigenvalue weighted by Gasteiger charge is 2.41. The average molecular weight is 304 g/mol. The molecule has 1 N–H and O–H groups in total. The zero-order valence-electron chi connectivity index (χ0n) is 12.1. The number of halogens is 1. The van der Waals surface area contributed by atoms with Crippen LogP contribution in [0.1, 0.15) is 37.3 Å². The quantitative estimate of drug-likeness (QED) is 0.867. The van der Waals surface area contributed by atoms with Gasteiger partial charge in [-0.05, 0) is 54.1 Å². The summed E-state index contributed by atoms with van der Waals surface area (Å²) >= 11 is 0. The van der Waals surface area contributed by atoms with Crippen LogP contribution in [0, 0.1) is 11.2 Å². The molecule has 1 aromatic rings. The van der Waals surface area contributed by atoms with Gasteiger partial charge in [-0.2, -0.15) is 0 Å². The second kappa shape index (κ2) is 5.85. The Hall–Kier alpha value is -1.26. The summed E-state index contributed by atoms with van der Waals surface area (Å²) in [5.74, 6) is -0.254. The Kier molecular flexibility index (Phi) is 4.09. The van der Waals surface area contributed by atoms with Gasteiger partial charge in [-0.15, -0.1) is 0 Å². The van der Waals surface area contributed by atoms with Crippen LogP contribution >= 0.6 is 10.5 Å². The van der Waals surface area contributed by atoms with Gasteiger partial charge in [0.2, 0.25) is 0 Å². The molecule has 0 saturated carbocycles. The molecular formula is C17H19FNOS. The maximum absolute atomic E-state index is 13.2. The zero-order valence-corrected chi connectivity index (χ0v) is 12.9. The highest BCUT2D eigenvalue weighted by Crippen LogP contribution is 2.41. The van der Waals surface area contributed by atoms with Crippen molar-refractivity contribution in [1.82, 2.24) is 5.32 Å². The summed E-state index contributed by atoms with van der Waals surface area (Å²) in [6.45, 7) is 3.81. The minimum atomic E-state index is -0.620. The van der Waals surface area contributed by atoms with Crippen molar-refractivity contribution in [2.75, 3.05) is 13.1 Å². The third-order valence-corrected chi connectivity index (χ3v) is 5.90. The Morgan fingerprint density at radius 3 is 3.10 bits per heavy atom. The standard InChI is InChI=1S/C17H19FNOS/c1-2-6-17(7-8-19-12-17)16(20)21-9-5-13-10-15(18)4-3-14(13)11-21/h3-5,9-10,19H,2,6-8,12H2,1H3. The number of rotatable bonds is 3. The van der Waals surface area contributed by atoms with Gasteiger partial charge in [-0.3, -0.25) is 4.79 Å². The van der Waals surface area contributed by atoms with Crippen LogP contribution in [0.15, 0.2) is 23.6 Å². The van der Waals surface area contributed by atoms with Gasteiger partial charge in [0.25, 0.3) is 0 Å². The van der Waals surface area contributed by atoms with Crippen LogP contribution in [-0.4, -0.2) is 23.6 Å². The molecule has 3 rings (SSSR count). The summed E-state index contributed by atoms with van der Waals surface area (Å²) in [6.07, 6.45) is 4.71. The van der Waals surface area contributed by atoms with E-state index in [1.165, 1.54) is 12.1 Å². The fraction of sp³-hybridized carbons (Fsp3) is 0.412. The van der Waals surface area contributed by atoms with Crippen molar-refractivity contribution >= 4 is 27.0 Å². The van der Waals surface area contributed by atoms with Gasteiger partial charge in [-0.1, -0.05) is 29.9 Å². The second-order valence-electron chi connectivity index (χ2n) is 5.72. The summed E-state index contributed by atoms with van der Waals surface area (Å²) in [7, 11) is -0.620. The number of nitrogens with one attached hydrogen (secondary N) is 1. The average Bonchev–Trinajstić information content (AvgIpc) is 2.96. The summed E-state index contributed by atoms with van der Waals surface area (Å²) in [5, 5.41) is 8.77. The predicted octanol–water partition coefficient (Wildman–Crippen LogP) is 3.41. The van der Waals surface area contributed by atoms with E-state index in [1.807, 2.05) is 11.5 Å². The zero-order chi connectivity index (χ0) is 14.9. The van der Waals surface area contributed by atoms with E-state index in [2.05, 4.69) is 17.6 Å². The SMILES string of the molecule is CCCC1(C(=O)S2=[C]c3ccc(F)cc3C=C2)CCNC1. The first-order chi connectivity index (χ1) is 10.1. The summed E-state index contributed by atoms with van der Waals surface area (Å²) in [6, 6.07) is 4.62. The Morgan fingerprint density at radius 2 is 2.38 bits per heavy atom. The number of carbonyl (C=O) groups excluding carboxylic acids is 1. The van der Waals surface area contributed by atoms with Gasteiger partial charge >= 0.3 is 0 Å². The first-order valence-corrected chi connectivity index (χ1v) is 8.66. The molecule has 0 aliphatic carbocycles. The van der Waals surface area contributed by atoms with Gasteiger partial charge in [0, 0.05) is 11.9 Å². The van der Waals surface area contributed by atoms with Crippen molar-refractivity contribution in [3.63, 3.8) is 0 Å². The van der Waals surface area contributed by atoms with E-state index in [9.17, 15) is 9.18 Å². The highest BCUT2D eigenvalue weighted by molar-refractivity contribution is 8.30. The normalized spacial score (nSPS) is 27.2. The van der Waals surface area contributed by atoms with Crippen molar-refractivity contribution in [3.05, 3.63) is 40.6 Å². The molecule has 2 atom stereocenters. The maximum Gasteiger partial charge on any atom is 0.195 e. The molecule has 2 nitrogen and oxygen atoms in total.